The topological polar surface area (TPSA) is 20.2 Å². The van der Waals surface area contributed by atoms with Gasteiger partial charge in [0.2, 0.25) is 0 Å². The number of halogens is 1. The maximum Gasteiger partial charge on any atom is 0.126 e. The fraction of sp³-hybridized carbons (Fsp3) is 0.379. The second-order valence-corrected chi connectivity index (χ2v) is 9.10. The van der Waals surface area contributed by atoms with Crippen LogP contribution in [-0.4, -0.2) is 11.2 Å². The minimum Gasteiger partial charge on any atom is -0.393 e. The van der Waals surface area contributed by atoms with E-state index in [-0.39, 0.29) is 11.9 Å². The van der Waals surface area contributed by atoms with Crippen molar-refractivity contribution < 1.29 is 9.50 Å². The Hall–Kier alpha value is -2.45. The summed E-state index contributed by atoms with van der Waals surface area (Å²) in [5, 5.41) is 9.68. The first-order valence-corrected chi connectivity index (χ1v) is 11.7. The van der Waals surface area contributed by atoms with Crippen molar-refractivity contribution in [3.05, 3.63) is 83.2 Å². The van der Waals surface area contributed by atoms with Crippen LogP contribution in [0.4, 0.5) is 4.39 Å². The van der Waals surface area contributed by atoms with Crippen molar-refractivity contribution in [2.75, 3.05) is 0 Å². The van der Waals surface area contributed by atoms with Gasteiger partial charge in [0.15, 0.2) is 0 Å². The second kappa shape index (κ2) is 9.78. The highest BCUT2D eigenvalue weighted by molar-refractivity contribution is 5.74. The van der Waals surface area contributed by atoms with Crippen LogP contribution < -0.4 is 0 Å². The van der Waals surface area contributed by atoms with Crippen molar-refractivity contribution >= 4 is 0 Å². The highest BCUT2D eigenvalue weighted by Gasteiger charge is 2.19. The van der Waals surface area contributed by atoms with Gasteiger partial charge in [0.1, 0.15) is 5.82 Å². The molecule has 0 aliphatic heterocycles. The fourth-order valence-electron chi connectivity index (χ4n) is 4.78. The van der Waals surface area contributed by atoms with E-state index in [1.165, 1.54) is 28.7 Å². The largest absolute Gasteiger partial charge is 0.393 e. The smallest absolute Gasteiger partial charge is 0.126 e. The van der Waals surface area contributed by atoms with Crippen LogP contribution in [-0.2, 0) is 12.8 Å². The van der Waals surface area contributed by atoms with E-state index < -0.39 is 0 Å². The van der Waals surface area contributed by atoms with Gasteiger partial charge >= 0.3 is 0 Å². The molecule has 0 aromatic heterocycles. The summed E-state index contributed by atoms with van der Waals surface area (Å²) in [6.07, 6.45) is 7.43. The van der Waals surface area contributed by atoms with E-state index in [1.54, 1.807) is 13.0 Å². The van der Waals surface area contributed by atoms with Crippen LogP contribution >= 0.6 is 0 Å². The quantitative estimate of drug-likeness (QED) is 0.441. The Kier molecular flexibility index (Phi) is 6.87. The third kappa shape index (κ3) is 5.25. The Morgan fingerprint density at radius 1 is 0.839 bits per heavy atom. The summed E-state index contributed by atoms with van der Waals surface area (Å²) in [6, 6.07) is 21.0. The van der Waals surface area contributed by atoms with Gasteiger partial charge in [-0.05, 0) is 103 Å². The molecule has 0 unspecified atom stereocenters. The molecule has 0 atom stereocenters. The lowest BCUT2D eigenvalue weighted by Gasteiger charge is -2.25. The minimum absolute atomic E-state index is 0.0695. The molecule has 0 bridgehead atoms. The van der Waals surface area contributed by atoms with Gasteiger partial charge in [-0.25, -0.2) is 4.39 Å². The molecule has 0 saturated heterocycles. The molecule has 4 rings (SSSR count). The first-order chi connectivity index (χ1) is 15.0. The zero-order chi connectivity index (χ0) is 21.8. The van der Waals surface area contributed by atoms with E-state index in [2.05, 4.69) is 49.4 Å². The number of hydrogen-bond acceptors (Lipinski definition) is 1. The lowest BCUT2D eigenvalue weighted by atomic mass is 9.84. The Bertz CT molecular complexity index is 1010. The number of rotatable bonds is 6. The number of hydrogen-bond donors (Lipinski definition) is 1. The SMILES string of the molecule is CCc1cc(-c2ccc(CCC3CCC(O)CC3)cc2)ccc1-c1ccc(C)c(F)c1. The van der Waals surface area contributed by atoms with Gasteiger partial charge in [-0.3, -0.25) is 0 Å². The van der Waals surface area contributed by atoms with Gasteiger partial charge in [0, 0.05) is 0 Å². The van der Waals surface area contributed by atoms with E-state index in [1.807, 2.05) is 12.1 Å². The molecule has 3 aromatic carbocycles. The molecule has 0 amide bonds. The molecule has 2 heteroatoms. The van der Waals surface area contributed by atoms with E-state index in [9.17, 15) is 9.50 Å². The summed E-state index contributed by atoms with van der Waals surface area (Å²) in [7, 11) is 0. The standard InChI is InChI=1S/C29H33FO/c1-3-23-18-25(14-17-28(23)26-11-4-20(2)29(30)19-26)24-12-7-21(8-13-24)5-6-22-9-15-27(31)16-10-22/h4,7-8,11-14,17-19,22,27,31H,3,5-6,9-10,15-16H2,1-2H3. The lowest BCUT2D eigenvalue weighted by molar-refractivity contribution is 0.106. The summed E-state index contributed by atoms with van der Waals surface area (Å²) in [5.74, 6) is 0.609. The van der Waals surface area contributed by atoms with Gasteiger partial charge in [0.05, 0.1) is 6.10 Å². The third-order valence-electron chi connectivity index (χ3n) is 6.91. The van der Waals surface area contributed by atoms with Crippen molar-refractivity contribution in [3.63, 3.8) is 0 Å². The Labute approximate surface area is 186 Å². The monoisotopic (exact) mass is 416 g/mol. The molecule has 1 saturated carbocycles. The van der Waals surface area contributed by atoms with Crippen LogP contribution in [0.25, 0.3) is 22.3 Å². The Balaban J connectivity index is 1.47. The van der Waals surface area contributed by atoms with Crippen molar-refractivity contribution in [1.82, 2.24) is 0 Å². The molecule has 0 spiro atoms. The van der Waals surface area contributed by atoms with Gasteiger partial charge in [-0.2, -0.15) is 0 Å². The summed E-state index contributed by atoms with van der Waals surface area (Å²) >= 11 is 0. The lowest BCUT2D eigenvalue weighted by Crippen LogP contribution is -2.18. The average Bonchev–Trinajstić information content (AvgIpc) is 2.80. The fourth-order valence-corrected chi connectivity index (χ4v) is 4.78. The number of aryl methyl sites for hydroxylation is 3. The first kappa shape index (κ1) is 21.8. The van der Waals surface area contributed by atoms with E-state index in [0.29, 0.717) is 5.56 Å². The maximum absolute atomic E-state index is 14.1. The van der Waals surface area contributed by atoms with E-state index in [4.69, 9.17) is 0 Å². The van der Waals surface area contributed by atoms with Crippen LogP contribution in [0.2, 0.25) is 0 Å². The zero-order valence-electron chi connectivity index (χ0n) is 18.7. The van der Waals surface area contributed by atoms with E-state index in [0.717, 1.165) is 55.6 Å². The maximum atomic E-state index is 14.1. The molecule has 0 heterocycles. The minimum atomic E-state index is -0.149. The number of aliphatic hydroxyl groups is 1. The molecule has 1 aliphatic rings. The molecular weight excluding hydrogens is 383 g/mol. The molecule has 3 aromatic rings. The highest BCUT2D eigenvalue weighted by Crippen LogP contribution is 2.31. The molecule has 1 nitrogen and oxygen atoms in total. The second-order valence-electron chi connectivity index (χ2n) is 9.10. The number of aliphatic hydroxyl groups excluding tert-OH is 1. The van der Waals surface area contributed by atoms with E-state index >= 15 is 0 Å². The predicted molar refractivity (Wildman–Crippen MR) is 128 cm³/mol. The third-order valence-corrected chi connectivity index (χ3v) is 6.91. The van der Waals surface area contributed by atoms with Crippen molar-refractivity contribution in [2.45, 2.75) is 64.9 Å². The predicted octanol–water partition coefficient (Wildman–Crippen LogP) is 7.51. The normalized spacial score (nSPS) is 18.8. The molecule has 1 aliphatic carbocycles. The van der Waals surface area contributed by atoms with Crippen LogP contribution in [0.15, 0.2) is 60.7 Å². The number of benzene rings is 3. The molecule has 1 N–H and O–H groups in total. The van der Waals surface area contributed by atoms with Gasteiger partial charge in [-0.15, -0.1) is 0 Å². The molecule has 0 radical (unpaired) electrons. The Morgan fingerprint density at radius 2 is 1.52 bits per heavy atom. The summed E-state index contributed by atoms with van der Waals surface area (Å²) in [5.41, 5.74) is 7.79. The molecular formula is C29H33FO. The van der Waals surface area contributed by atoms with Crippen LogP contribution in [0, 0.1) is 18.7 Å². The molecule has 1 fully saturated rings. The first-order valence-electron chi connectivity index (χ1n) is 11.7. The molecule has 162 valence electrons. The van der Waals surface area contributed by atoms with Crippen molar-refractivity contribution in [2.24, 2.45) is 5.92 Å². The molecule has 31 heavy (non-hydrogen) atoms. The van der Waals surface area contributed by atoms with Crippen LogP contribution in [0.1, 0.15) is 55.7 Å². The summed E-state index contributed by atoms with van der Waals surface area (Å²) in [4.78, 5) is 0. The highest BCUT2D eigenvalue weighted by atomic mass is 19.1. The van der Waals surface area contributed by atoms with Crippen LogP contribution in [0.3, 0.4) is 0 Å². The average molecular weight is 417 g/mol. The van der Waals surface area contributed by atoms with Crippen LogP contribution in [0.5, 0.6) is 0 Å². The summed E-state index contributed by atoms with van der Waals surface area (Å²) < 4.78 is 14.1. The van der Waals surface area contributed by atoms with Gasteiger partial charge < -0.3 is 5.11 Å². The van der Waals surface area contributed by atoms with Gasteiger partial charge in [0.25, 0.3) is 0 Å². The van der Waals surface area contributed by atoms with Crippen molar-refractivity contribution in [3.8, 4) is 22.3 Å². The van der Waals surface area contributed by atoms with Gasteiger partial charge in [-0.1, -0.05) is 61.5 Å². The Morgan fingerprint density at radius 3 is 2.19 bits per heavy atom. The van der Waals surface area contributed by atoms with Crippen molar-refractivity contribution in [1.29, 1.82) is 0 Å². The summed E-state index contributed by atoms with van der Waals surface area (Å²) in [6.45, 7) is 3.95. The zero-order valence-corrected chi connectivity index (χ0v) is 18.7.